The topological polar surface area (TPSA) is 83.1 Å². The average molecular weight is 398 g/mol. The number of methoxy groups -OCH3 is 1. The molecule has 2 aromatic carbocycles. The van der Waals surface area contributed by atoms with Gasteiger partial charge in [0.2, 0.25) is 0 Å². The third-order valence-corrected chi connectivity index (χ3v) is 4.88. The summed E-state index contributed by atoms with van der Waals surface area (Å²) in [4.78, 5) is 15.9. The molecule has 0 aromatic heterocycles. The molecule has 1 aliphatic rings. The summed E-state index contributed by atoms with van der Waals surface area (Å²) in [5.41, 5.74) is 8.61. The van der Waals surface area contributed by atoms with Crippen LogP contribution in [0, 0.1) is 13.8 Å². The SMILES string of the molecule is COc1cc(C=C2SC(N)=NC2=O)ccc1OCCOc1cc(C)ccc1C. The van der Waals surface area contributed by atoms with Gasteiger partial charge in [-0.1, -0.05) is 18.2 Å². The van der Waals surface area contributed by atoms with Crippen molar-refractivity contribution >= 4 is 28.9 Å². The number of hydrogen-bond acceptors (Lipinski definition) is 6. The van der Waals surface area contributed by atoms with Crippen molar-refractivity contribution in [3.05, 3.63) is 58.0 Å². The summed E-state index contributed by atoms with van der Waals surface area (Å²) in [5.74, 6) is 1.71. The summed E-state index contributed by atoms with van der Waals surface area (Å²) in [6.45, 7) is 4.84. The van der Waals surface area contributed by atoms with Crippen LogP contribution >= 0.6 is 11.8 Å². The molecule has 0 atom stereocenters. The molecule has 0 fully saturated rings. The minimum absolute atomic E-state index is 0.256. The molecule has 6 nitrogen and oxygen atoms in total. The molecule has 0 unspecified atom stereocenters. The standard InChI is InChI=1S/C21H22N2O4S/c1-13-4-5-14(2)17(10-13)27-9-8-26-16-7-6-15(11-18(16)25-3)12-19-20(24)23-21(22)28-19/h4-7,10-12H,8-9H2,1-3H3,(H2,22,23,24). The number of aryl methyl sites for hydroxylation is 2. The Morgan fingerprint density at radius 2 is 1.79 bits per heavy atom. The zero-order chi connectivity index (χ0) is 20.1. The van der Waals surface area contributed by atoms with Crippen molar-refractivity contribution in [2.75, 3.05) is 20.3 Å². The van der Waals surface area contributed by atoms with Crippen molar-refractivity contribution < 1.29 is 19.0 Å². The van der Waals surface area contributed by atoms with E-state index in [-0.39, 0.29) is 11.1 Å². The maximum absolute atomic E-state index is 11.7. The maximum atomic E-state index is 11.7. The highest BCUT2D eigenvalue weighted by Gasteiger charge is 2.19. The number of amidine groups is 1. The first-order valence-corrected chi connectivity index (χ1v) is 9.57. The van der Waals surface area contributed by atoms with E-state index in [4.69, 9.17) is 19.9 Å². The van der Waals surface area contributed by atoms with Gasteiger partial charge in [0.25, 0.3) is 5.91 Å². The molecular weight excluding hydrogens is 376 g/mol. The maximum Gasteiger partial charge on any atom is 0.286 e. The third-order valence-electron chi connectivity index (χ3n) is 4.06. The first kappa shape index (κ1) is 19.8. The number of hydrogen-bond donors (Lipinski definition) is 1. The van der Waals surface area contributed by atoms with E-state index in [1.54, 1.807) is 25.3 Å². The molecule has 28 heavy (non-hydrogen) atoms. The zero-order valence-corrected chi connectivity index (χ0v) is 16.8. The first-order valence-electron chi connectivity index (χ1n) is 8.75. The summed E-state index contributed by atoms with van der Waals surface area (Å²) in [5, 5.41) is 0.256. The van der Waals surface area contributed by atoms with Crippen molar-refractivity contribution in [3.63, 3.8) is 0 Å². The van der Waals surface area contributed by atoms with Crippen LogP contribution < -0.4 is 19.9 Å². The van der Waals surface area contributed by atoms with Crippen molar-refractivity contribution in [2.24, 2.45) is 10.7 Å². The van der Waals surface area contributed by atoms with E-state index in [0.717, 1.165) is 34.2 Å². The molecule has 1 aliphatic heterocycles. The molecule has 2 aromatic rings. The lowest BCUT2D eigenvalue weighted by atomic mass is 10.1. The number of thioether (sulfide) groups is 1. The summed E-state index contributed by atoms with van der Waals surface area (Å²) in [7, 11) is 1.57. The van der Waals surface area contributed by atoms with Gasteiger partial charge in [0.05, 0.1) is 12.0 Å². The van der Waals surface area contributed by atoms with Crippen LogP contribution in [0.5, 0.6) is 17.2 Å². The third kappa shape index (κ3) is 4.86. The number of carbonyl (C=O) groups excluding carboxylic acids is 1. The van der Waals surface area contributed by atoms with E-state index >= 15 is 0 Å². The minimum atomic E-state index is -0.328. The number of nitrogens with zero attached hydrogens (tertiary/aromatic N) is 1. The fourth-order valence-corrected chi connectivity index (χ4v) is 3.32. The van der Waals surface area contributed by atoms with Gasteiger partial charge < -0.3 is 19.9 Å². The van der Waals surface area contributed by atoms with Gasteiger partial charge in [0.15, 0.2) is 16.7 Å². The monoisotopic (exact) mass is 398 g/mol. The lowest BCUT2D eigenvalue weighted by molar-refractivity contribution is -0.113. The molecule has 3 rings (SSSR count). The highest BCUT2D eigenvalue weighted by Crippen LogP contribution is 2.31. The van der Waals surface area contributed by atoms with Crippen LogP contribution in [0.2, 0.25) is 0 Å². The van der Waals surface area contributed by atoms with E-state index in [2.05, 4.69) is 11.1 Å². The van der Waals surface area contributed by atoms with E-state index in [1.165, 1.54) is 0 Å². The number of aliphatic imine (C=N–C) groups is 1. The Hall–Kier alpha value is -2.93. The van der Waals surface area contributed by atoms with E-state index in [9.17, 15) is 4.79 Å². The molecule has 1 heterocycles. The lowest BCUT2D eigenvalue weighted by Gasteiger charge is -2.13. The highest BCUT2D eigenvalue weighted by atomic mass is 32.2. The van der Waals surface area contributed by atoms with Crippen LogP contribution in [-0.4, -0.2) is 31.4 Å². The molecule has 0 saturated carbocycles. The molecule has 2 N–H and O–H groups in total. The van der Waals surface area contributed by atoms with Crippen LogP contribution in [0.4, 0.5) is 0 Å². The molecule has 0 bridgehead atoms. The van der Waals surface area contributed by atoms with Crippen molar-refractivity contribution in [1.82, 2.24) is 0 Å². The Labute approximate surface area is 168 Å². The average Bonchev–Trinajstić information content (AvgIpc) is 2.99. The summed E-state index contributed by atoms with van der Waals surface area (Å²) < 4.78 is 17.0. The molecule has 0 saturated heterocycles. The fraction of sp³-hybridized carbons (Fsp3) is 0.238. The molecule has 0 spiro atoms. The summed E-state index contributed by atoms with van der Waals surface area (Å²) in [6.07, 6.45) is 1.73. The minimum Gasteiger partial charge on any atom is -0.493 e. The molecular formula is C21H22N2O4S. The van der Waals surface area contributed by atoms with Gasteiger partial charge in [-0.05, 0) is 66.6 Å². The Bertz CT molecular complexity index is 953. The molecule has 0 radical (unpaired) electrons. The first-order chi connectivity index (χ1) is 13.5. The van der Waals surface area contributed by atoms with Gasteiger partial charge in [-0.3, -0.25) is 4.79 Å². The van der Waals surface area contributed by atoms with Gasteiger partial charge in [0, 0.05) is 0 Å². The molecule has 146 valence electrons. The quantitative estimate of drug-likeness (QED) is 0.566. The van der Waals surface area contributed by atoms with E-state index in [0.29, 0.717) is 29.6 Å². The van der Waals surface area contributed by atoms with Crippen molar-refractivity contribution in [1.29, 1.82) is 0 Å². The van der Waals surface area contributed by atoms with Crippen molar-refractivity contribution in [3.8, 4) is 17.2 Å². The van der Waals surface area contributed by atoms with Crippen LogP contribution in [0.3, 0.4) is 0 Å². The van der Waals surface area contributed by atoms with Gasteiger partial charge in [-0.25, -0.2) is 0 Å². The zero-order valence-electron chi connectivity index (χ0n) is 16.0. The predicted octanol–water partition coefficient (Wildman–Crippen LogP) is 3.70. The van der Waals surface area contributed by atoms with Crippen LogP contribution in [0.15, 0.2) is 46.3 Å². The van der Waals surface area contributed by atoms with Crippen LogP contribution in [0.25, 0.3) is 6.08 Å². The second kappa shape index (κ2) is 8.84. The van der Waals surface area contributed by atoms with Gasteiger partial charge in [-0.2, -0.15) is 4.99 Å². The Morgan fingerprint density at radius 3 is 2.46 bits per heavy atom. The van der Waals surface area contributed by atoms with E-state index < -0.39 is 0 Å². The lowest BCUT2D eigenvalue weighted by Crippen LogP contribution is -2.10. The Kier molecular flexibility index (Phi) is 6.26. The van der Waals surface area contributed by atoms with Crippen LogP contribution in [-0.2, 0) is 4.79 Å². The number of benzene rings is 2. The van der Waals surface area contributed by atoms with Gasteiger partial charge in [0.1, 0.15) is 19.0 Å². The second-order valence-corrected chi connectivity index (χ2v) is 7.30. The number of amides is 1. The fourth-order valence-electron chi connectivity index (χ4n) is 2.64. The number of nitrogens with two attached hydrogens (primary N) is 1. The van der Waals surface area contributed by atoms with Crippen LogP contribution in [0.1, 0.15) is 16.7 Å². The summed E-state index contributed by atoms with van der Waals surface area (Å²) in [6, 6.07) is 11.6. The summed E-state index contributed by atoms with van der Waals surface area (Å²) >= 11 is 1.15. The largest absolute Gasteiger partial charge is 0.493 e. The number of carbonyl (C=O) groups is 1. The van der Waals surface area contributed by atoms with Gasteiger partial charge >= 0.3 is 0 Å². The van der Waals surface area contributed by atoms with Crippen molar-refractivity contribution in [2.45, 2.75) is 13.8 Å². The number of ether oxygens (including phenoxy) is 3. The smallest absolute Gasteiger partial charge is 0.286 e. The Morgan fingerprint density at radius 1 is 1.04 bits per heavy atom. The highest BCUT2D eigenvalue weighted by molar-refractivity contribution is 8.18. The van der Waals surface area contributed by atoms with Gasteiger partial charge in [-0.15, -0.1) is 0 Å². The molecule has 7 heteroatoms. The molecule has 0 aliphatic carbocycles. The second-order valence-electron chi connectivity index (χ2n) is 6.24. The number of rotatable bonds is 7. The van der Waals surface area contributed by atoms with E-state index in [1.807, 2.05) is 32.0 Å². The predicted molar refractivity (Wildman–Crippen MR) is 112 cm³/mol. The molecule has 1 amide bonds. The normalized spacial score (nSPS) is 14.9. The Balaban J connectivity index is 1.61.